The van der Waals surface area contributed by atoms with Crippen molar-refractivity contribution in [1.82, 2.24) is 4.68 Å². The molecule has 0 aliphatic carbocycles. The number of nitrogens with zero attached hydrogens (tertiary/aromatic N) is 1. The standard InChI is InChI=1S/C10H17ClN2O2S/c1-8(6-11)7-16(14,15)12-13-9(2)4-5-10(13)3/h4-5,8,12H,6-7H2,1-3H3. The van der Waals surface area contributed by atoms with Gasteiger partial charge in [0, 0.05) is 17.3 Å². The SMILES string of the molecule is Cc1ccc(C)n1NS(=O)(=O)CC(C)CCl. The largest absolute Gasteiger partial charge is 0.256 e. The van der Waals surface area contributed by atoms with E-state index in [2.05, 4.69) is 4.83 Å². The lowest BCUT2D eigenvalue weighted by molar-refractivity contribution is 0.581. The molecule has 1 unspecified atom stereocenters. The molecule has 0 amide bonds. The van der Waals surface area contributed by atoms with Crippen LogP contribution in [0, 0.1) is 19.8 Å². The smallest absolute Gasteiger partial charge is 0.246 e. The number of alkyl halides is 1. The van der Waals surface area contributed by atoms with Gasteiger partial charge < -0.3 is 0 Å². The molecule has 0 spiro atoms. The van der Waals surface area contributed by atoms with Crippen molar-refractivity contribution in [2.75, 3.05) is 16.5 Å². The number of aromatic nitrogens is 1. The molecule has 0 bridgehead atoms. The number of hydrogen-bond acceptors (Lipinski definition) is 2. The summed E-state index contributed by atoms with van der Waals surface area (Å²) in [6.07, 6.45) is 0. The van der Waals surface area contributed by atoms with E-state index in [1.165, 1.54) is 0 Å². The maximum absolute atomic E-state index is 11.8. The van der Waals surface area contributed by atoms with E-state index in [1.807, 2.05) is 32.9 Å². The topological polar surface area (TPSA) is 51.1 Å². The molecule has 1 atom stereocenters. The van der Waals surface area contributed by atoms with Crippen LogP contribution in [0.4, 0.5) is 0 Å². The molecule has 16 heavy (non-hydrogen) atoms. The maximum Gasteiger partial charge on any atom is 0.246 e. The molecule has 6 heteroatoms. The van der Waals surface area contributed by atoms with E-state index in [0.29, 0.717) is 5.88 Å². The second kappa shape index (κ2) is 5.10. The molecule has 4 nitrogen and oxygen atoms in total. The van der Waals surface area contributed by atoms with Crippen LogP contribution in [0.25, 0.3) is 0 Å². The van der Waals surface area contributed by atoms with Crippen molar-refractivity contribution >= 4 is 21.6 Å². The van der Waals surface area contributed by atoms with Crippen molar-refractivity contribution in [3.05, 3.63) is 23.5 Å². The minimum absolute atomic E-state index is 0.0353. The number of hydrogen-bond donors (Lipinski definition) is 1. The van der Waals surface area contributed by atoms with Gasteiger partial charge in [-0.15, -0.1) is 11.6 Å². The molecule has 1 N–H and O–H groups in total. The van der Waals surface area contributed by atoms with Gasteiger partial charge in [0.05, 0.1) is 5.75 Å². The minimum atomic E-state index is -3.33. The molecule has 0 aliphatic rings. The fourth-order valence-electron chi connectivity index (χ4n) is 1.41. The zero-order valence-corrected chi connectivity index (χ0v) is 11.3. The molecular formula is C10H17ClN2O2S. The molecule has 1 heterocycles. The Bertz CT molecular complexity index is 434. The van der Waals surface area contributed by atoms with Gasteiger partial charge in [-0.2, -0.15) is 0 Å². The monoisotopic (exact) mass is 264 g/mol. The third-order valence-electron chi connectivity index (χ3n) is 2.27. The molecular weight excluding hydrogens is 248 g/mol. The fourth-order valence-corrected chi connectivity index (χ4v) is 3.15. The molecule has 0 aromatic carbocycles. The fraction of sp³-hybridized carbons (Fsp3) is 0.600. The second-order valence-corrected chi connectivity index (χ2v) is 6.14. The Kier molecular flexibility index (Phi) is 4.27. The summed E-state index contributed by atoms with van der Waals surface area (Å²) in [5.74, 6) is 0.313. The minimum Gasteiger partial charge on any atom is -0.256 e. The van der Waals surface area contributed by atoms with Crippen LogP contribution in [-0.2, 0) is 10.0 Å². The Balaban J connectivity index is 2.81. The van der Waals surface area contributed by atoms with Gasteiger partial charge in [-0.25, -0.2) is 13.2 Å². The van der Waals surface area contributed by atoms with E-state index in [-0.39, 0.29) is 11.7 Å². The molecule has 92 valence electrons. The lowest BCUT2D eigenvalue weighted by Crippen LogP contribution is -2.29. The summed E-state index contributed by atoms with van der Waals surface area (Å²) in [5, 5.41) is 0. The first-order valence-corrected chi connectivity index (χ1v) is 7.26. The third-order valence-corrected chi connectivity index (χ3v) is 4.26. The Morgan fingerprint density at radius 2 is 1.88 bits per heavy atom. The van der Waals surface area contributed by atoms with Crippen LogP contribution in [-0.4, -0.2) is 24.7 Å². The van der Waals surface area contributed by atoms with Crippen LogP contribution in [0.5, 0.6) is 0 Å². The molecule has 0 aliphatic heterocycles. The molecule has 0 radical (unpaired) electrons. The van der Waals surface area contributed by atoms with Gasteiger partial charge in [-0.1, -0.05) is 6.92 Å². The average molecular weight is 265 g/mol. The highest BCUT2D eigenvalue weighted by atomic mass is 35.5. The van der Waals surface area contributed by atoms with Gasteiger partial charge in [0.2, 0.25) is 10.0 Å². The predicted octanol–water partition coefficient (Wildman–Crippen LogP) is 1.85. The summed E-state index contributed by atoms with van der Waals surface area (Å²) in [4.78, 5) is 2.53. The summed E-state index contributed by atoms with van der Waals surface area (Å²) in [5.41, 5.74) is 1.72. The van der Waals surface area contributed by atoms with E-state index in [1.54, 1.807) is 4.68 Å². The van der Waals surface area contributed by atoms with E-state index in [0.717, 1.165) is 11.4 Å². The normalized spacial score (nSPS) is 13.8. The quantitative estimate of drug-likeness (QED) is 0.826. The Morgan fingerprint density at radius 3 is 2.31 bits per heavy atom. The molecule has 1 aromatic rings. The highest BCUT2D eigenvalue weighted by Crippen LogP contribution is 2.08. The van der Waals surface area contributed by atoms with Crippen molar-refractivity contribution in [1.29, 1.82) is 0 Å². The summed E-state index contributed by atoms with van der Waals surface area (Å²) in [6.45, 7) is 5.50. The molecule has 0 fully saturated rings. The highest BCUT2D eigenvalue weighted by molar-refractivity contribution is 7.92. The summed E-state index contributed by atoms with van der Waals surface area (Å²) >= 11 is 5.60. The van der Waals surface area contributed by atoms with E-state index in [9.17, 15) is 8.42 Å². The van der Waals surface area contributed by atoms with Gasteiger partial charge in [-0.3, -0.25) is 4.68 Å². The number of rotatable bonds is 5. The highest BCUT2D eigenvalue weighted by Gasteiger charge is 2.16. The van der Waals surface area contributed by atoms with Crippen molar-refractivity contribution < 1.29 is 8.42 Å². The van der Waals surface area contributed by atoms with Crippen molar-refractivity contribution in [2.45, 2.75) is 20.8 Å². The van der Waals surface area contributed by atoms with E-state index >= 15 is 0 Å². The first-order valence-electron chi connectivity index (χ1n) is 5.07. The number of aryl methyl sites for hydroxylation is 2. The number of halogens is 1. The third kappa shape index (κ3) is 3.42. The lowest BCUT2D eigenvalue weighted by atomic mass is 10.3. The molecule has 1 aromatic heterocycles. The van der Waals surface area contributed by atoms with Gasteiger partial charge in [0.15, 0.2) is 0 Å². The number of nitrogens with one attached hydrogen (secondary N) is 1. The van der Waals surface area contributed by atoms with Gasteiger partial charge in [0.1, 0.15) is 0 Å². The Hall–Kier alpha value is -0.680. The van der Waals surface area contributed by atoms with Gasteiger partial charge in [0.25, 0.3) is 0 Å². The molecule has 0 saturated heterocycles. The summed E-state index contributed by atoms with van der Waals surface area (Å²) in [6, 6.07) is 3.73. The van der Waals surface area contributed by atoms with Gasteiger partial charge in [-0.05, 0) is 31.9 Å². The van der Waals surface area contributed by atoms with Crippen LogP contribution in [0.15, 0.2) is 12.1 Å². The van der Waals surface area contributed by atoms with E-state index < -0.39 is 10.0 Å². The summed E-state index contributed by atoms with van der Waals surface area (Å²) in [7, 11) is -3.33. The first-order chi connectivity index (χ1) is 7.35. The maximum atomic E-state index is 11.8. The van der Waals surface area contributed by atoms with Gasteiger partial charge >= 0.3 is 0 Å². The number of sulfonamides is 1. The van der Waals surface area contributed by atoms with Crippen LogP contribution < -0.4 is 4.83 Å². The van der Waals surface area contributed by atoms with Crippen LogP contribution in [0.3, 0.4) is 0 Å². The zero-order chi connectivity index (χ0) is 12.3. The van der Waals surface area contributed by atoms with Crippen molar-refractivity contribution in [2.24, 2.45) is 5.92 Å². The van der Waals surface area contributed by atoms with Crippen LogP contribution in [0.1, 0.15) is 18.3 Å². The Morgan fingerprint density at radius 1 is 1.38 bits per heavy atom. The van der Waals surface area contributed by atoms with E-state index in [4.69, 9.17) is 11.6 Å². The van der Waals surface area contributed by atoms with Crippen LogP contribution >= 0.6 is 11.6 Å². The van der Waals surface area contributed by atoms with Crippen molar-refractivity contribution in [3.8, 4) is 0 Å². The zero-order valence-electron chi connectivity index (χ0n) is 9.70. The average Bonchev–Trinajstić information content (AvgIpc) is 2.48. The predicted molar refractivity (Wildman–Crippen MR) is 66.9 cm³/mol. The van der Waals surface area contributed by atoms with Crippen LogP contribution in [0.2, 0.25) is 0 Å². The second-order valence-electron chi connectivity index (χ2n) is 4.08. The molecule has 0 saturated carbocycles. The molecule has 1 rings (SSSR count). The summed E-state index contributed by atoms with van der Waals surface area (Å²) < 4.78 is 25.1. The lowest BCUT2D eigenvalue weighted by Gasteiger charge is -2.14. The first kappa shape index (κ1) is 13.4. The Labute approximate surface area is 102 Å². The van der Waals surface area contributed by atoms with Crippen molar-refractivity contribution in [3.63, 3.8) is 0 Å².